The lowest BCUT2D eigenvalue weighted by atomic mass is 9.62. The number of likely N-dealkylation sites (tertiary alicyclic amines) is 1. The van der Waals surface area contributed by atoms with E-state index in [-0.39, 0.29) is 36.3 Å². The van der Waals surface area contributed by atoms with Crippen LogP contribution in [-0.4, -0.2) is 93.6 Å². The predicted molar refractivity (Wildman–Crippen MR) is 159 cm³/mol. The highest BCUT2D eigenvalue weighted by atomic mass is 16.5. The molecule has 1 spiro atoms. The number of aliphatic hydroxyl groups is 1. The van der Waals surface area contributed by atoms with Crippen molar-refractivity contribution in [3.63, 3.8) is 0 Å². The molecule has 224 valence electrons. The first kappa shape index (κ1) is 31.0. The van der Waals surface area contributed by atoms with Gasteiger partial charge in [-0.05, 0) is 44.6 Å². The van der Waals surface area contributed by atoms with Crippen molar-refractivity contribution in [1.29, 1.82) is 0 Å². The van der Waals surface area contributed by atoms with E-state index in [2.05, 4.69) is 20.1 Å². The summed E-state index contributed by atoms with van der Waals surface area (Å²) in [5.74, 6) is -2.32. The summed E-state index contributed by atoms with van der Waals surface area (Å²) in [6.45, 7) is 16.1. The van der Waals surface area contributed by atoms with Gasteiger partial charge in [0.2, 0.25) is 17.7 Å². The second-order valence-corrected chi connectivity index (χ2v) is 12.4. The molecule has 1 aromatic carbocycles. The van der Waals surface area contributed by atoms with Crippen LogP contribution in [0, 0.1) is 17.8 Å². The van der Waals surface area contributed by atoms with Gasteiger partial charge in [-0.25, -0.2) is 0 Å². The molecule has 8 heteroatoms. The third-order valence-electron chi connectivity index (χ3n) is 9.80. The van der Waals surface area contributed by atoms with Crippen LogP contribution in [0.3, 0.4) is 0 Å². The fraction of sp³-hybridized carbons (Fsp3) is 0.606. The Kier molecular flexibility index (Phi) is 9.14. The zero-order valence-corrected chi connectivity index (χ0v) is 25.3. The van der Waals surface area contributed by atoms with Gasteiger partial charge in [-0.15, -0.1) is 13.2 Å². The quantitative estimate of drug-likeness (QED) is 0.370. The van der Waals surface area contributed by atoms with Crippen LogP contribution >= 0.6 is 0 Å². The Morgan fingerprint density at radius 3 is 2.44 bits per heavy atom. The number of likely N-dealkylation sites (N-methyl/N-ethyl adjacent to an activating group) is 1. The van der Waals surface area contributed by atoms with Crippen molar-refractivity contribution in [3.05, 3.63) is 61.2 Å². The number of nitrogens with zero attached hydrogens (tertiary/aromatic N) is 3. The molecule has 2 bridgehead atoms. The van der Waals surface area contributed by atoms with Gasteiger partial charge in [0.25, 0.3) is 0 Å². The second kappa shape index (κ2) is 12.1. The standard InChI is InChI=1S/C33H47N3O5/c1-8-14-23(5)35(18-10-3)31(40)28-33-20-22(4)32(6,41-33)26(29(38)34(7)17-9-2)27(33)30(39)36(28)25(21-37)19-24-15-12-11-13-16-24/h9-13,15-16,22-23,25-28,37H,2-3,8,14,17-21H2,1,4-7H3/t22?,23?,25-,26+,27+,28?,32-,33?/m1/s1. The van der Waals surface area contributed by atoms with Crippen LogP contribution in [0.15, 0.2) is 55.6 Å². The number of amides is 3. The van der Waals surface area contributed by atoms with E-state index in [0.717, 1.165) is 18.4 Å². The predicted octanol–water partition coefficient (Wildman–Crippen LogP) is 3.45. The molecule has 0 aliphatic carbocycles. The number of benzene rings is 1. The van der Waals surface area contributed by atoms with Gasteiger partial charge >= 0.3 is 0 Å². The molecule has 0 radical (unpaired) electrons. The Morgan fingerprint density at radius 2 is 1.85 bits per heavy atom. The molecule has 3 aliphatic heterocycles. The van der Waals surface area contributed by atoms with Crippen LogP contribution in [0.25, 0.3) is 0 Å². The maximum absolute atomic E-state index is 14.7. The lowest BCUT2D eigenvalue weighted by Gasteiger charge is -2.41. The molecule has 4 rings (SSSR count). The first-order valence-corrected chi connectivity index (χ1v) is 15.0. The summed E-state index contributed by atoms with van der Waals surface area (Å²) in [5, 5.41) is 10.7. The van der Waals surface area contributed by atoms with Crippen molar-refractivity contribution in [2.24, 2.45) is 17.8 Å². The average Bonchev–Trinajstić information content (AvgIpc) is 3.47. The summed E-state index contributed by atoms with van der Waals surface area (Å²) in [5.41, 5.74) is -1.12. The van der Waals surface area contributed by atoms with Gasteiger partial charge < -0.3 is 24.5 Å². The molecule has 4 unspecified atom stereocenters. The zero-order valence-electron chi connectivity index (χ0n) is 25.3. The van der Waals surface area contributed by atoms with E-state index in [1.807, 2.05) is 51.1 Å². The number of rotatable bonds is 13. The topological polar surface area (TPSA) is 90.4 Å². The minimum Gasteiger partial charge on any atom is -0.394 e. The number of aliphatic hydroxyl groups excluding tert-OH is 1. The van der Waals surface area contributed by atoms with E-state index in [4.69, 9.17) is 4.74 Å². The molecule has 3 aliphatic rings. The van der Waals surface area contributed by atoms with Gasteiger partial charge in [-0.1, -0.05) is 62.8 Å². The Hall–Kier alpha value is -2.97. The molecule has 41 heavy (non-hydrogen) atoms. The van der Waals surface area contributed by atoms with E-state index < -0.39 is 35.1 Å². The summed E-state index contributed by atoms with van der Waals surface area (Å²) in [7, 11) is 1.71. The Morgan fingerprint density at radius 1 is 1.20 bits per heavy atom. The Balaban J connectivity index is 1.86. The zero-order chi connectivity index (χ0) is 30.1. The summed E-state index contributed by atoms with van der Waals surface area (Å²) < 4.78 is 6.90. The summed E-state index contributed by atoms with van der Waals surface area (Å²) in [6, 6.07) is 7.96. The SMILES string of the molecule is C=CCN(C)C(=O)[C@@H]1[C@H]2C(=O)N([C@@H](CO)Cc3ccccc3)C(C(=O)N(CC=C)C(C)CCC)C23CC(C)[C@@]1(C)O3. The van der Waals surface area contributed by atoms with E-state index in [1.54, 1.807) is 33.9 Å². The van der Waals surface area contributed by atoms with E-state index >= 15 is 0 Å². The highest BCUT2D eigenvalue weighted by Crippen LogP contribution is 2.65. The van der Waals surface area contributed by atoms with Crippen LogP contribution in [-0.2, 0) is 25.5 Å². The lowest BCUT2D eigenvalue weighted by Crippen LogP contribution is -2.60. The van der Waals surface area contributed by atoms with Crippen molar-refractivity contribution >= 4 is 17.7 Å². The van der Waals surface area contributed by atoms with Crippen LogP contribution in [0.4, 0.5) is 0 Å². The number of carbonyl (C=O) groups excluding carboxylic acids is 3. The molecule has 3 heterocycles. The summed E-state index contributed by atoms with van der Waals surface area (Å²) in [6.07, 6.45) is 5.92. The van der Waals surface area contributed by atoms with Gasteiger partial charge in [0.05, 0.1) is 30.1 Å². The third kappa shape index (κ3) is 5.03. The van der Waals surface area contributed by atoms with Crippen molar-refractivity contribution < 1.29 is 24.2 Å². The first-order valence-electron chi connectivity index (χ1n) is 15.0. The number of carbonyl (C=O) groups is 3. The number of fused-ring (bicyclic) bond motifs is 1. The van der Waals surface area contributed by atoms with Crippen LogP contribution in [0.2, 0.25) is 0 Å². The fourth-order valence-electron chi connectivity index (χ4n) is 7.74. The molecule has 1 aromatic rings. The summed E-state index contributed by atoms with van der Waals surface area (Å²) in [4.78, 5) is 48.3. The molecule has 3 fully saturated rings. The number of hydrogen-bond acceptors (Lipinski definition) is 5. The van der Waals surface area contributed by atoms with Gasteiger partial charge in [-0.3, -0.25) is 14.4 Å². The molecule has 0 saturated carbocycles. The van der Waals surface area contributed by atoms with Crippen molar-refractivity contribution in [2.75, 3.05) is 26.7 Å². The highest BCUT2D eigenvalue weighted by Gasteiger charge is 2.80. The van der Waals surface area contributed by atoms with Crippen molar-refractivity contribution in [2.45, 2.75) is 82.7 Å². The minimum atomic E-state index is -1.17. The molecule has 3 saturated heterocycles. The van der Waals surface area contributed by atoms with Crippen molar-refractivity contribution in [3.8, 4) is 0 Å². The molecular formula is C33H47N3O5. The van der Waals surface area contributed by atoms with Crippen LogP contribution in [0.1, 0.15) is 52.5 Å². The number of ether oxygens (including phenoxy) is 1. The lowest BCUT2D eigenvalue weighted by molar-refractivity contribution is -0.158. The molecular weight excluding hydrogens is 518 g/mol. The van der Waals surface area contributed by atoms with Gasteiger partial charge in [0, 0.05) is 26.2 Å². The summed E-state index contributed by atoms with van der Waals surface area (Å²) >= 11 is 0. The molecule has 8 atom stereocenters. The van der Waals surface area contributed by atoms with Gasteiger partial charge in [-0.2, -0.15) is 0 Å². The maximum atomic E-state index is 14.7. The third-order valence-corrected chi connectivity index (χ3v) is 9.80. The average molecular weight is 566 g/mol. The smallest absolute Gasteiger partial charge is 0.248 e. The minimum absolute atomic E-state index is 0.0597. The number of hydrogen-bond donors (Lipinski definition) is 1. The molecule has 0 aromatic heterocycles. The molecule has 3 amide bonds. The molecule has 1 N–H and O–H groups in total. The Labute approximate surface area is 245 Å². The maximum Gasteiger partial charge on any atom is 0.248 e. The first-order chi connectivity index (χ1) is 19.5. The van der Waals surface area contributed by atoms with Crippen LogP contribution in [0.5, 0.6) is 0 Å². The van der Waals surface area contributed by atoms with Gasteiger partial charge in [0.15, 0.2) is 0 Å². The largest absolute Gasteiger partial charge is 0.394 e. The van der Waals surface area contributed by atoms with Gasteiger partial charge in [0.1, 0.15) is 11.6 Å². The van der Waals surface area contributed by atoms with Crippen molar-refractivity contribution in [1.82, 2.24) is 14.7 Å². The molecule has 8 nitrogen and oxygen atoms in total. The Bertz CT molecular complexity index is 1160. The second-order valence-electron chi connectivity index (χ2n) is 12.4. The van der Waals surface area contributed by atoms with E-state index in [0.29, 0.717) is 25.9 Å². The monoisotopic (exact) mass is 565 g/mol. The normalized spacial score (nSPS) is 31.5. The fourth-order valence-corrected chi connectivity index (χ4v) is 7.74. The van der Waals surface area contributed by atoms with E-state index in [9.17, 15) is 19.5 Å². The van der Waals surface area contributed by atoms with E-state index in [1.165, 1.54) is 0 Å². The highest BCUT2D eigenvalue weighted by molar-refractivity contribution is 5.99. The van der Waals surface area contributed by atoms with Crippen LogP contribution < -0.4 is 0 Å².